The summed E-state index contributed by atoms with van der Waals surface area (Å²) in [6.45, 7) is 8.92. The van der Waals surface area contributed by atoms with Crippen molar-refractivity contribution in [2.45, 2.75) is 39.3 Å². The van der Waals surface area contributed by atoms with Gasteiger partial charge in [0.1, 0.15) is 0 Å². The fourth-order valence-corrected chi connectivity index (χ4v) is 2.72. The molecule has 1 aromatic rings. The summed E-state index contributed by atoms with van der Waals surface area (Å²) in [4.78, 5) is 7.06. The molecule has 2 heterocycles. The van der Waals surface area contributed by atoms with Crippen molar-refractivity contribution in [3.05, 3.63) is 23.9 Å². The third kappa shape index (κ3) is 4.46. The molecule has 0 unspecified atom stereocenters. The number of rotatable bonds is 6. The first-order valence-corrected chi connectivity index (χ1v) is 7.63. The van der Waals surface area contributed by atoms with Gasteiger partial charge in [-0.25, -0.2) is 4.98 Å². The Bertz CT molecular complexity index is 402. The molecule has 0 radical (unpaired) electrons. The third-order valence-electron chi connectivity index (χ3n) is 4.04. The number of methoxy groups -OCH3 is 1. The molecule has 0 atom stereocenters. The number of pyridine rings is 1. The highest BCUT2D eigenvalue weighted by molar-refractivity contribution is 5.15. The topological polar surface area (TPSA) is 37.4 Å². The average molecular weight is 277 g/mol. The molecule has 1 saturated heterocycles. The molecule has 0 saturated carbocycles. The second kappa shape index (κ2) is 7.60. The Hall–Kier alpha value is -1.13. The standard InChI is InChI=1S/C16H27N3O/c1-13(2)19(11-14-7-9-17-10-8-14)12-15-5-4-6-16(18-15)20-3/h4-6,13-14,17H,7-12H2,1-3H3. The molecule has 4 heteroatoms. The van der Waals surface area contributed by atoms with Gasteiger partial charge >= 0.3 is 0 Å². The van der Waals surface area contributed by atoms with Gasteiger partial charge in [0, 0.05) is 25.2 Å². The van der Waals surface area contributed by atoms with Gasteiger partial charge in [0.25, 0.3) is 0 Å². The number of nitrogens with zero attached hydrogens (tertiary/aromatic N) is 2. The highest BCUT2D eigenvalue weighted by atomic mass is 16.5. The zero-order chi connectivity index (χ0) is 14.4. The van der Waals surface area contributed by atoms with E-state index in [-0.39, 0.29) is 0 Å². The fraction of sp³-hybridized carbons (Fsp3) is 0.688. The lowest BCUT2D eigenvalue weighted by molar-refractivity contribution is 0.159. The lowest BCUT2D eigenvalue weighted by Gasteiger charge is -2.32. The van der Waals surface area contributed by atoms with Gasteiger partial charge in [0.2, 0.25) is 5.88 Å². The second-order valence-corrected chi connectivity index (χ2v) is 5.89. The van der Waals surface area contributed by atoms with Crippen LogP contribution in [0.2, 0.25) is 0 Å². The minimum atomic E-state index is 0.540. The molecule has 2 rings (SSSR count). The van der Waals surface area contributed by atoms with Gasteiger partial charge in [0.15, 0.2) is 0 Å². The van der Waals surface area contributed by atoms with Crippen molar-refractivity contribution in [1.82, 2.24) is 15.2 Å². The van der Waals surface area contributed by atoms with Crippen molar-refractivity contribution in [3.63, 3.8) is 0 Å². The molecule has 1 aliphatic rings. The Kier molecular flexibility index (Phi) is 5.80. The van der Waals surface area contributed by atoms with Crippen LogP contribution in [0.15, 0.2) is 18.2 Å². The van der Waals surface area contributed by atoms with E-state index in [1.807, 2.05) is 12.1 Å². The maximum Gasteiger partial charge on any atom is 0.213 e. The number of aromatic nitrogens is 1. The summed E-state index contributed by atoms with van der Waals surface area (Å²) in [5, 5.41) is 3.43. The van der Waals surface area contributed by atoms with Crippen molar-refractivity contribution >= 4 is 0 Å². The van der Waals surface area contributed by atoms with Crippen molar-refractivity contribution in [2.75, 3.05) is 26.7 Å². The van der Waals surface area contributed by atoms with E-state index >= 15 is 0 Å². The van der Waals surface area contributed by atoms with Crippen LogP contribution in [0.5, 0.6) is 5.88 Å². The van der Waals surface area contributed by atoms with Crippen molar-refractivity contribution in [3.8, 4) is 5.88 Å². The predicted molar refractivity (Wildman–Crippen MR) is 81.9 cm³/mol. The van der Waals surface area contributed by atoms with Crippen LogP contribution in [-0.2, 0) is 6.54 Å². The molecule has 112 valence electrons. The van der Waals surface area contributed by atoms with E-state index in [9.17, 15) is 0 Å². The molecule has 1 aliphatic heterocycles. The van der Waals surface area contributed by atoms with Crippen LogP contribution < -0.4 is 10.1 Å². The summed E-state index contributed by atoms with van der Waals surface area (Å²) < 4.78 is 5.21. The molecule has 1 N–H and O–H groups in total. The zero-order valence-electron chi connectivity index (χ0n) is 12.9. The quantitative estimate of drug-likeness (QED) is 0.866. The van der Waals surface area contributed by atoms with E-state index in [2.05, 4.69) is 35.1 Å². The maximum atomic E-state index is 5.21. The highest BCUT2D eigenvalue weighted by Crippen LogP contribution is 2.17. The number of ether oxygens (including phenoxy) is 1. The average Bonchev–Trinajstić information content (AvgIpc) is 2.48. The van der Waals surface area contributed by atoms with Gasteiger partial charge < -0.3 is 10.1 Å². The molecule has 0 aromatic carbocycles. The van der Waals surface area contributed by atoms with E-state index < -0.39 is 0 Å². The maximum absolute atomic E-state index is 5.21. The molecular formula is C16H27N3O. The molecular weight excluding hydrogens is 250 g/mol. The number of nitrogens with one attached hydrogen (secondary N) is 1. The van der Waals surface area contributed by atoms with E-state index in [4.69, 9.17) is 4.74 Å². The summed E-state index contributed by atoms with van der Waals surface area (Å²) >= 11 is 0. The van der Waals surface area contributed by atoms with Crippen LogP contribution in [0.3, 0.4) is 0 Å². The van der Waals surface area contributed by atoms with Crippen LogP contribution in [-0.4, -0.2) is 42.7 Å². The molecule has 0 aliphatic carbocycles. The van der Waals surface area contributed by atoms with E-state index in [1.54, 1.807) is 7.11 Å². The van der Waals surface area contributed by atoms with Gasteiger partial charge in [-0.2, -0.15) is 0 Å². The normalized spacial score (nSPS) is 16.9. The minimum Gasteiger partial charge on any atom is -0.481 e. The molecule has 0 bridgehead atoms. The van der Waals surface area contributed by atoms with Crippen LogP contribution in [0, 0.1) is 5.92 Å². The van der Waals surface area contributed by atoms with Gasteiger partial charge in [-0.05, 0) is 51.8 Å². The van der Waals surface area contributed by atoms with Crippen molar-refractivity contribution < 1.29 is 4.74 Å². The number of hydrogen-bond donors (Lipinski definition) is 1. The van der Waals surface area contributed by atoms with Gasteiger partial charge in [-0.1, -0.05) is 6.07 Å². The molecule has 4 nitrogen and oxygen atoms in total. The van der Waals surface area contributed by atoms with Crippen molar-refractivity contribution in [2.24, 2.45) is 5.92 Å². The van der Waals surface area contributed by atoms with Crippen LogP contribution in [0.4, 0.5) is 0 Å². The predicted octanol–water partition coefficient (Wildman–Crippen LogP) is 2.30. The second-order valence-electron chi connectivity index (χ2n) is 5.89. The summed E-state index contributed by atoms with van der Waals surface area (Å²) in [5.41, 5.74) is 1.09. The van der Waals surface area contributed by atoms with E-state index in [1.165, 1.54) is 12.8 Å². The van der Waals surface area contributed by atoms with Gasteiger partial charge in [0.05, 0.1) is 12.8 Å². The van der Waals surface area contributed by atoms with Crippen molar-refractivity contribution in [1.29, 1.82) is 0 Å². The largest absolute Gasteiger partial charge is 0.481 e. The zero-order valence-corrected chi connectivity index (χ0v) is 12.9. The minimum absolute atomic E-state index is 0.540. The first-order chi connectivity index (χ1) is 9.69. The lowest BCUT2D eigenvalue weighted by Crippen LogP contribution is -2.39. The van der Waals surface area contributed by atoms with Gasteiger partial charge in [-0.3, -0.25) is 4.90 Å². The van der Waals surface area contributed by atoms with Crippen LogP contribution in [0.25, 0.3) is 0 Å². The Balaban J connectivity index is 1.97. The molecule has 1 aromatic heterocycles. The fourth-order valence-electron chi connectivity index (χ4n) is 2.72. The lowest BCUT2D eigenvalue weighted by atomic mass is 9.97. The smallest absolute Gasteiger partial charge is 0.213 e. The van der Waals surface area contributed by atoms with Crippen LogP contribution in [0.1, 0.15) is 32.4 Å². The SMILES string of the molecule is COc1cccc(CN(CC2CCNCC2)C(C)C)n1. The van der Waals surface area contributed by atoms with Crippen LogP contribution >= 0.6 is 0 Å². The number of hydrogen-bond acceptors (Lipinski definition) is 4. The Morgan fingerprint density at radius 3 is 2.75 bits per heavy atom. The molecule has 0 amide bonds. The highest BCUT2D eigenvalue weighted by Gasteiger charge is 2.19. The Labute approximate surface area is 122 Å². The molecule has 20 heavy (non-hydrogen) atoms. The first-order valence-electron chi connectivity index (χ1n) is 7.63. The summed E-state index contributed by atoms with van der Waals surface area (Å²) in [6, 6.07) is 6.54. The third-order valence-corrected chi connectivity index (χ3v) is 4.04. The summed E-state index contributed by atoms with van der Waals surface area (Å²) in [6.07, 6.45) is 2.57. The Morgan fingerprint density at radius 2 is 2.10 bits per heavy atom. The first kappa shape index (κ1) is 15.3. The monoisotopic (exact) mass is 277 g/mol. The summed E-state index contributed by atoms with van der Waals surface area (Å²) in [7, 11) is 1.67. The summed E-state index contributed by atoms with van der Waals surface area (Å²) in [5.74, 6) is 1.51. The molecule has 1 fully saturated rings. The van der Waals surface area contributed by atoms with Gasteiger partial charge in [-0.15, -0.1) is 0 Å². The number of piperidine rings is 1. The van der Waals surface area contributed by atoms with E-state index in [0.717, 1.165) is 37.8 Å². The molecule has 0 spiro atoms. The Morgan fingerprint density at radius 1 is 1.35 bits per heavy atom. The van der Waals surface area contributed by atoms with E-state index in [0.29, 0.717) is 11.9 Å².